The Bertz CT molecular complexity index is 488. The summed E-state index contributed by atoms with van der Waals surface area (Å²) in [7, 11) is 0. The molecule has 1 rings (SSSR count). The summed E-state index contributed by atoms with van der Waals surface area (Å²) < 4.78 is 0. The molecule has 5 heteroatoms. The van der Waals surface area contributed by atoms with E-state index >= 15 is 0 Å². The molecule has 0 spiro atoms. The Morgan fingerprint density at radius 3 is 1.68 bits per heavy atom. The van der Waals surface area contributed by atoms with Crippen molar-refractivity contribution in [2.75, 3.05) is 0 Å². The van der Waals surface area contributed by atoms with Crippen LogP contribution in [0.4, 0.5) is 0 Å². The fraction of sp³-hybridized carbons (Fsp3) is 0.600. The molecular weight excluding hydrogens is 442 g/mol. The minimum atomic E-state index is -1.83. The van der Waals surface area contributed by atoms with Crippen molar-refractivity contribution in [3.63, 3.8) is 0 Å². The summed E-state index contributed by atoms with van der Waals surface area (Å²) in [6.07, 6.45) is 10.1. The van der Waals surface area contributed by atoms with Crippen LogP contribution < -0.4 is 0 Å². The van der Waals surface area contributed by atoms with Crippen molar-refractivity contribution >= 4 is 60.8 Å². The Hall–Kier alpha value is -0.269. The molecule has 138 valence electrons. The average Bonchev–Trinajstić information content (AvgIpc) is 2.57. The topological polar surface area (TPSA) is 74.6 Å². The van der Waals surface area contributed by atoms with Gasteiger partial charge >= 0.3 is 60.8 Å². The molecule has 2 N–H and O–H groups in total. The molecule has 0 fully saturated rings. The number of rotatable bonds is 13. The van der Waals surface area contributed by atoms with E-state index in [0.29, 0.717) is 12.0 Å². The normalized spacial score (nSPS) is 10.9. The van der Waals surface area contributed by atoms with Crippen molar-refractivity contribution < 1.29 is 19.8 Å². The molecule has 0 unspecified atom stereocenters. The number of hydrogen-bond donors (Lipinski definition) is 2. The van der Waals surface area contributed by atoms with E-state index < -0.39 is 17.4 Å². The van der Waals surface area contributed by atoms with Gasteiger partial charge in [0.2, 0.25) is 0 Å². The number of carbonyl (C=O) groups is 2. The second kappa shape index (κ2) is 13.9. The molecule has 0 amide bonds. The van der Waals surface area contributed by atoms with Gasteiger partial charge in [0.15, 0.2) is 5.41 Å². The van der Waals surface area contributed by atoms with E-state index in [0.717, 1.165) is 19.3 Å². The predicted molar refractivity (Wildman–Crippen MR) is 104 cm³/mol. The standard InChI is InChI=1S/C20H30O4.Ba.2H/c1-2-3-4-5-6-7-8-9-13-16-20(18(21)22,19(23)24)17-14-11-10-12-15-17;;;/h10-12,14-15H,2-9,13,16H2,1H3,(H,21,22)(H,23,24);;;. The third-order valence-corrected chi connectivity index (χ3v) is 4.65. The van der Waals surface area contributed by atoms with Crippen LogP contribution in [0.5, 0.6) is 0 Å². The van der Waals surface area contributed by atoms with Crippen LogP contribution in [-0.2, 0) is 15.0 Å². The quantitative estimate of drug-likeness (QED) is 0.257. The molecule has 0 radical (unpaired) electrons. The maximum atomic E-state index is 11.7. The molecule has 0 saturated heterocycles. The summed E-state index contributed by atoms with van der Waals surface area (Å²) in [5.41, 5.74) is -1.48. The van der Waals surface area contributed by atoms with Crippen molar-refractivity contribution in [2.45, 2.75) is 76.5 Å². The molecule has 1 aromatic carbocycles. The molecule has 0 heterocycles. The molecule has 0 aliphatic heterocycles. The van der Waals surface area contributed by atoms with E-state index in [1.807, 2.05) is 0 Å². The van der Waals surface area contributed by atoms with Crippen LogP contribution in [0.15, 0.2) is 30.3 Å². The van der Waals surface area contributed by atoms with Gasteiger partial charge in [-0.2, -0.15) is 0 Å². The monoisotopic (exact) mass is 474 g/mol. The van der Waals surface area contributed by atoms with Crippen LogP contribution in [0, 0.1) is 0 Å². The summed E-state index contributed by atoms with van der Waals surface area (Å²) in [6.45, 7) is 2.20. The van der Waals surface area contributed by atoms with Gasteiger partial charge in [0, 0.05) is 0 Å². The third kappa shape index (κ3) is 7.87. The zero-order valence-electron chi connectivity index (χ0n) is 14.7. The van der Waals surface area contributed by atoms with E-state index in [9.17, 15) is 19.8 Å². The van der Waals surface area contributed by atoms with Crippen LogP contribution in [-0.4, -0.2) is 71.0 Å². The van der Waals surface area contributed by atoms with E-state index in [4.69, 9.17) is 0 Å². The summed E-state index contributed by atoms with van der Waals surface area (Å²) in [5.74, 6) is -2.55. The number of hydrogen-bond acceptors (Lipinski definition) is 2. The summed E-state index contributed by atoms with van der Waals surface area (Å²) in [6, 6.07) is 8.32. The van der Waals surface area contributed by atoms with Crippen molar-refractivity contribution in [1.29, 1.82) is 0 Å². The van der Waals surface area contributed by atoms with E-state index in [-0.39, 0.29) is 55.3 Å². The summed E-state index contributed by atoms with van der Waals surface area (Å²) in [5, 5.41) is 19.2. The Balaban J connectivity index is 0.00000576. The van der Waals surface area contributed by atoms with Crippen molar-refractivity contribution in [3.8, 4) is 0 Å². The van der Waals surface area contributed by atoms with Gasteiger partial charge < -0.3 is 10.2 Å². The van der Waals surface area contributed by atoms with E-state index in [1.165, 1.54) is 32.1 Å². The van der Waals surface area contributed by atoms with Gasteiger partial charge in [-0.25, -0.2) is 0 Å². The minimum absolute atomic E-state index is 0. The molecule has 0 aliphatic carbocycles. The SMILES string of the molecule is CCCCCCCCCCCC(C(=O)O)(C(=O)O)c1ccccc1.[BaH2]. The number of unbranched alkanes of at least 4 members (excludes halogenated alkanes) is 8. The molecule has 0 aliphatic rings. The number of benzene rings is 1. The Morgan fingerprint density at radius 1 is 0.800 bits per heavy atom. The molecule has 1 aromatic rings. The first-order chi connectivity index (χ1) is 11.6. The Morgan fingerprint density at radius 2 is 1.24 bits per heavy atom. The summed E-state index contributed by atoms with van der Waals surface area (Å²) in [4.78, 5) is 23.5. The number of carboxylic acids is 2. The van der Waals surface area contributed by atoms with Crippen LogP contribution >= 0.6 is 0 Å². The summed E-state index contributed by atoms with van der Waals surface area (Å²) >= 11 is 0. The second-order valence-electron chi connectivity index (χ2n) is 6.46. The second-order valence-corrected chi connectivity index (χ2v) is 6.46. The van der Waals surface area contributed by atoms with Gasteiger partial charge in [-0.15, -0.1) is 0 Å². The molecule has 0 aromatic heterocycles. The number of aliphatic carboxylic acids is 2. The first-order valence-electron chi connectivity index (χ1n) is 9.08. The molecular formula is C20H32BaO4. The Kier molecular flexibility index (Phi) is 13.7. The molecule has 0 atom stereocenters. The third-order valence-electron chi connectivity index (χ3n) is 4.65. The van der Waals surface area contributed by atoms with Gasteiger partial charge in [0.05, 0.1) is 0 Å². The van der Waals surface area contributed by atoms with Crippen LogP contribution in [0.3, 0.4) is 0 Å². The van der Waals surface area contributed by atoms with Crippen LogP contribution in [0.1, 0.15) is 76.7 Å². The van der Waals surface area contributed by atoms with Gasteiger partial charge in [-0.3, -0.25) is 9.59 Å². The zero-order chi connectivity index (χ0) is 17.8. The first-order valence-corrected chi connectivity index (χ1v) is 9.08. The molecule has 4 nitrogen and oxygen atoms in total. The predicted octanol–water partition coefficient (Wildman–Crippen LogP) is 4.10. The van der Waals surface area contributed by atoms with E-state index in [2.05, 4.69) is 6.92 Å². The van der Waals surface area contributed by atoms with Crippen molar-refractivity contribution in [1.82, 2.24) is 0 Å². The van der Waals surface area contributed by atoms with Gasteiger partial charge in [-0.05, 0) is 12.0 Å². The van der Waals surface area contributed by atoms with Crippen molar-refractivity contribution in [3.05, 3.63) is 35.9 Å². The van der Waals surface area contributed by atoms with Crippen LogP contribution in [0.25, 0.3) is 0 Å². The molecule has 0 bridgehead atoms. The van der Waals surface area contributed by atoms with Crippen LogP contribution in [0.2, 0.25) is 0 Å². The fourth-order valence-electron chi connectivity index (χ4n) is 3.12. The first kappa shape index (κ1) is 24.7. The zero-order valence-corrected chi connectivity index (χ0v) is 14.7. The van der Waals surface area contributed by atoms with Gasteiger partial charge in [-0.1, -0.05) is 95.0 Å². The molecule has 25 heavy (non-hydrogen) atoms. The fourth-order valence-corrected chi connectivity index (χ4v) is 3.12. The maximum absolute atomic E-state index is 11.7. The van der Waals surface area contributed by atoms with E-state index in [1.54, 1.807) is 30.3 Å². The van der Waals surface area contributed by atoms with Gasteiger partial charge in [0.25, 0.3) is 0 Å². The number of carboxylic acid groups (broad SMARTS) is 2. The molecule has 0 saturated carbocycles. The Labute approximate surface area is 191 Å². The van der Waals surface area contributed by atoms with Gasteiger partial charge in [0.1, 0.15) is 0 Å². The van der Waals surface area contributed by atoms with Crippen molar-refractivity contribution in [2.24, 2.45) is 0 Å². The average molecular weight is 474 g/mol.